The second-order valence-electron chi connectivity index (χ2n) is 3.49. The van der Waals surface area contributed by atoms with Gasteiger partial charge in [0.05, 0.1) is 17.3 Å². The molecule has 18 heavy (non-hydrogen) atoms. The Kier molecular flexibility index (Phi) is 2.42. The van der Waals surface area contributed by atoms with Crippen LogP contribution >= 0.6 is 11.3 Å². The van der Waals surface area contributed by atoms with Crippen LogP contribution in [0, 0.1) is 11.3 Å². The van der Waals surface area contributed by atoms with E-state index >= 15 is 0 Å². The van der Waals surface area contributed by atoms with Gasteiger partial charge in [-0.1, -0.05) is 0 Å². The summed E-state index contributed by atoms with van der Waals surface area (Å²) in [5, 5.41) is 19.7. The van der Waals surface area contributed by atoms with Crippen molar-refractivity contribution in [1.82, 2.24) is 20.4 Å². The van der Waals surface area contributed by atoms with Gasteiger partial charge < -0.3 is 4.74 Å². The molecule has 2 aromatic heterocycles. The molecule has 6 nitrogen and oxygen atoms in total. The van der Waals surface area contributed by atoms with Crippen LogP contribution in [0.3, 0.4) is 0 Å². The third kappa shape index (κ3) is 1.59. The first-order valence-corrected chi connectivity index (χ1v) is 5.89. The van der Waals surface area contributed by atoms with Crippen molar-refractivity contribution in [2.45, 2.75) is 0 Å². The quantitative estimate of drug-likeness (QED) is 0.758. The van der Waals surface area contributed by atoms with Crippen molar-refractivity contribution in [1.29, 1.82) is 5.26 Å². The predicted octanol–water partition coefficient (Wildman–Crippen LogP) is 1.96. The number of methoxy groups -OCH3 is 1. The summed E-state index contributed by atoms with van der Waals surface area (Å²) >= 11 is 1.45. The number of rotatable bonds is 2. The fourth-order valence-corrected chi connectivity index (χ4v) is 2.58. The Hall–Kier alpha value is -2.46. The van der Waals surface area contributed by atoms with E-state index in [0.717, 1.165) is 16.0 Å². The summed E-state index contributed by atoms with van der Waals surface area (Å²) in [5.74, 6) is 0.776. The summed E-state index contributed by atoms with van der Waals surface area (Å²) in [6, 6.07) is 7.61. The number of ether oxygens (including phenoxy) is 1. The van der Waals surface area contributed by atoms with Crippen LogP contribution in [0.2, 0.25) is 0 Å². The van der Waals surface area contributed by atoms with Gasteiger partial charge in [-0.05, 0) is 18.2 Å². The van der Waals surface area contributed by atoms with E-state index in [9.17, 15) is 0 Å². The maximum atomic E-state index is 8.91. The molecule has 0 aliphatic carbocycles. The zero-order valence-corrected chi connectivity index (χ0v) is 10.2. The van der Waals surface area contributed by atoms with Gasteiger partial charge in [0.2, 0.25) is 0 Å². The number of benzene rings is 1. The number of fused-ring (bicyclic) bond motifs is 1. The van der Waals surface area contributed by atoms with Crippen molar-refractivity contribution in [3.63, 3.8) is 0 Å². The molecular weight excluding hydrogens is 250 g/mol. The van der Waals surface area contributed by atoms with Crippen LogP contribution < -0.4 is 4.74 Å². The van der Waals surface area contributed by atoms with Crippen molar-refractivity contribution in [3.8, 4) is 22.5 Å². The van der Waals surface area contributed by atoms with E-state index in [1.165, 1.54) is 11.3 Å². The van der Waals surface area contributed by atoms with Crippen LogP contribution in [0.15, 0.2) is 18.2 Å². The molecule has 0 aliphatic heterocycles. The molecule has 7 heteroatoms. The van der Waals surface area contributed by atoms with Crippen LogP contribution in [0.25, 0.3) is 20.9 Å². The molecule has 0 unspecified atom stereocenters. The fraction of sp³-hybridized carbons (Fsp3) is 0.0909. The van der Waals surface area contributed by atoms with E-state index in [1.54, 1.807) is 7.11 Å². The van der Waals surface area contributed by atoms with Gasteiger partial charge in [-0.3, -0.25) is 0 Å². The number of aromatic nitrogens is 4. The second kappa shape index (κ2) is 4.09. The van der Waals surface area contributed by atoms with Gasteiger partial charge >= 0.3 is 0 Å². The van der Waals surface area contributed by atoms with E-state index in [2.05, 4.69) is 20.4 Å². The Morgan fingerprint density at radius 2 is 2.28 bits per heavy atom. The average molecular weight is 257 g/mol. The minimum absolute atomic E-state index is 0.251. The van der Waals surface area contributed by atoms with Gasteiger partial charge in [0.25, 0.3) is 0 Å². The molecule has 0 fully saturated rings. The Morgan fingerprint density at radius 1 is 1.39 bits per heavy atom. The van der Waals surface area contributed by atoms with Crippen LogP contribution in [-0.2, 0) is 0 Å². The Labute approximate surface area is 106 Å². The van der Waals surface area contributed by atoms with E-state index < -0.39 is 0 Å². The van der Waals surface area contributed by atoms with Gasteiger partial charge in [-0.15, -0.1) is 16.4 Å². The van der Waals surface area contributed by atoms with Crippen LogP contribution in [0.5, 0.6) is 5.75 Å². The van der Waals surface area contributed by atoms with Gasteiger partial charge in [-0.2, -0.15) is 15.6 Å². The number of thiazole rings is 1. The van der Waals surface area contributed by atoms with Crippen LogP contribution in [0.1, 0.15) is 5.69 Å². The highest BCUT2D eigenvalue weighted by atomic mass is 32.1. The molecule has 0 bridgehead atoms. The number of nitriles is 1. The lowest BCUT2D eigenvalue weighted by Gasteiger charge is -1.96. The summed E-state index contributed by atoms with van der Waals surface area (Å²) in [7, 11) is 1.62. The van der Waals surface area contributed by atoms with Crippen molar-refractivity contribution in [3.05, 3.63) is 23.9 Å². The zero-order valence-electron chi connectivity index (χ0n) is 9.34. The summed E-state index contributed by atoms with van der Waals surface area (Å²) in [6.07, 6.45) is 0. The molecule has 3 rings (SSSR count). The molecule has 0 spiro atoms. The highest BCUT2D eigenvalue weighted by Crippen LogP contribution is 2.32. The highest BCUT2D eigenvalue weighted by Gasteiger charge is 2.14. The predicted molar refractivity (Wildman–Crippen MR) is 66.3 cm³/mol. The first-order chi connectivity index (χ1) is 8.81. The Morgan fingerprint density at radius 3 is 3.06 bits per heavy atom. The number of nitrogens with one attached hydrogen (secondary N) is 1. The lowest BCUT2D eigenvalue weighted by Crippen LogP contribution is -1.81. The topological polar surface area (TPSA) is 87.5 Å². The van der Waals surface area contributed by atoms with Gasteiger partial charge in [0.15, 0.2) is 11.4 Å². The van der Waals surface area contributed by atoms with E-state index in [1.807, 2.05) is 24.3 Å². The lowest BCUT2D eigenvalue weighted by atomic mass is 10.3. The van der Waals surface area contributed by atoms with Crippen LogP contribution in [0.4, 0.5) is 0 Å². The second-order valence-corrected chi connectivity index (χ2v) is 4.52. The molecule has 0 atom stereocenters. The van der Waals surface area contributed by atoms with Crippen molar-refractivity contribution in [2.75, 3.05) is 7.11 Å². The summed E-state index contributed by atoms with van der Waals surface area (Å²) < 4.78 is 6.14. The van der Waals surface area contributed by atoms with Gasteiger partial charge in [0.1, 0.15) is 16.8 Å². The van der Waals surface area contributed by atoms with Gasteiger partial charge in [0, 0.05) is 0 Å². The molecule has 0 saturated carbocycles. The van der Waals surface area contributed by atoms with E-state index in [0.29, 0.717) is 10.7 Å². The van der Waals surface area contributed by atoms with Crippen molar-refractivity contribution >= 4 is 21.6 Å². The molecule has 1 aromatic carbocycles. The minimum atomic E-state index is 0.251. The summed E-state index contributed by atoms with van der Waals surface area (Å²) in [5.41, 5.74) is 1.58. The number of hydrogen-bond donors (Lipinski definition) is 1. The monoisotopic (exact) mass is 257 g/mol. The molecule has 3 aromatic rings. The van der Waals surface area contributed by atoms with Crippen LogP contribution in [-0.4, -0.2) is 27.5 Å². The molecule has 0 amide bonds. The normalized spacial score (nSPS) is 10.4. The summed E-state index contributed by atoms with van der Waals surface area (Å²) in [6.45, 7) is 0. The molecule has 0 saturated heterocycles. The molecule has 88 valence electrons. The first-order valence-electron chi connectivity index (χ1n) is 5.07. The van der Waals surface area contributed by atoms with Gasteiger partial charge in [-0.25, -0.2) is 4.98 Å². The SMILES string of the molecule is COc1ccc2nc(-c3n[nH]nc3C#N)sc2c1. The maximum absolute atomic E-state index is 8.91. The van der Waals surface area contributed by atoms with E-state index in [-0.39, 0.29) is 5.69 Å². The number of H-pyrrole nitrogens is 1. The smallest absolute Gasteiger partial charge is 0.192 e. The largest absolute Gasteiger partial charge is 0.497 e. The third-order valence-electron chi connectivity index (χ3n) is 2.45. The molecular formula is C11H7N5OS. The number of hydrogen-bond acceptors (Lipinski definition) is 6. The number of aromatic amines is 1. The molecule has 1 N–H and O–H groups in total. The zero-order chi connectivity index (χ0) is 12.5. The fourth-order valence-electron chi connectivity index (χ4n) is 1.59. The lowest BCUT2D eigenvalue weighted by molar-refractivity contribution is 0.415. The third-order valence-corrected chi connectivity index (χ3v) is 3.48. The van der Waals surface area contributed by atoms with Crippen molar-refractivity contribution < 1.29 is 4.74 Å². The standard InChI is InChI=1S/C11H7N5OS/c1-17-6-2-3-7-9(4-6)18-11(13-7)10-8(5-12)14-16-15-10/h2-4H,1H3,(H,14,15,16). The molecule has 0 aliphatic rings. The minimum Gasteiger partial charge on any atom is -0.497 e. The maximum Gasteiger partial charge on any atom is 0.192 e. The Balaban J connectivity index is 2.17. The van der Waals surface area contributed by atoms with Crippen molar-refractivity contribution in [2.24, 2.45) is 0 Å². The highest BCUT2D eigenvalue weighted by molar-refractivity contribution is 7.21. The molecule has 0 radical (unpaired) electrons. The first kappa shape index (κ1) is 10.7. The number of nitrogens with zero attached hydrogens (tertiary/aromatic N) is 4. The van der Waals surface area contributed by atoms with E-state index in [4.69, 9.17) is 10.00 Å². The summed E-state index contributed by atoms with van der Waals surface area (Å²) in [4.78, 5) is 4.43. The average Bonchev–Trinajstić information content (AvgIpc) is 3.03. The Bertz CT molecular complexity index is 754. The molecule has 2 heterocycles.